The van der Waals surface area contributed by atoms with Gasteiger partial charge in [-0.05, 0) is 49.4 Å². The molecular weight excluding hydrogens is 369 g/mol. The first-order valence-corrected chi connectivity index (χ1v) is 9.05. The normalized spacial score (nSPS) is 13.0. The van der Waals surface area contributed by atoms with Gasteiger partial charge in [-0.2, -0.15) is 0 Å². The molecule has 2 amide bonds. The van der Waals surface area contributed by atoms with Gasteiger partial charge in [0, 0.05) is 42.0 Å². The van der Waals surface area contributed by atoms with Gasteiger partial charge in [-0.3, -0.25) is 14.5 Å². The van der Waals surface area contributed by atoms with Crippen molar-refractivity contribution in [2.75, 3.05) is 30.4 Å². The monoisotopic (exact) mass is 389 g/mol. The van der Waals surface area contributed by atoms with E-state index < -0.39 is 0 Å². The van der Waals surface area contributed by atoms with Gasteiger partial charge in [-0.25, -0.2) is 4.39 Å². The lowest BCUT2D eigenvalue weighted by Crippen LogP contribution is -2.30. The van der Waals surface area contributed by atoms with Crippen molar-refractivity contribution in [3.8, 4) is 0 Å². The van der Waals surface area contributed by atoms with E-state index in [0.29, 0.717) is 22.8 Å². The molecule has 0 aromatic heterocycles. The average Bonchev–Trinajstić information content (AvgIpc) is 3.01. The van der Waals surface area contributed by atoms with Crippen molar-refractivity contribution in [1.82, 2.24) is 4.90 Å². The van der Waals surface area contributed by atoms with Crippen LogP contribution in [0.2, 0.25) is 5.02 Å². The Morgan fingerprint density at radius 3 is 2.78 bits per heavy atom. The number of halogens is 2. The summed E-state index contributed by atoms with van der Waals surface area (Å²) < 4.78 is 13.9. The van der Waals surface area contributed by atoms with E-state index in [1.165, 1.54) is 6.07 Å². The Hall–Kier alpha value is -2.44. The summed E-state index contributed by atoms with van der Waals surface area (Å²) in [6.07, 6.45) is 0.768. The molecular formula is C20H21ClFN3O2. The minimum absolute atomic E-state index is 0.0129. The molecule has 0 saturated carbocycles. The van der Waals surface area contributed by atoms with Crippen molar-refractivity contribution in [3.05, 3.63) is 58.4 Å². The second kappa shape index (κ2) is 8.06. The molecule has 27 heavy (non-hydrogen) atoms. The molecule has 0 bridgehead atoms. The molecule has 0 unspecified atom stereocenters. The molecule has 142 valence electrons. The number of likely N-dealkylation sites (N-methyl/N-ethyl adjacent to an activating group) is 1. The van der Waals surface area contributed by atoms with Crippen LogP contribution in [0.15, 0.2) is 36.4 Å². The number of rotatable bonds is 5. The molecule has 2 aromatic rings. The third-order valence-electron chi connectivity index (χ3n) is 4.54. The first-order valence-electron chi connectivity index (χ1n) is 8.67. The fourth-order valence-corrected chi connectivity index (χ4v) is 3.48. The molecule has 5 nitrogen and oxygen atoms in total. The molecule has 1 heterocycles. The maximum Gasteiger partial charge on any atom is 0.238 e. The Labute approximate surface area is 162 Å². The van der Waals surface area contributed by atoms with Crippen molar-refractivity contribution >= 4 is 34.8 Å². The van der Waals surface area contributed by atoms with E-state index in [1.807, 2.05) is 12.1 Å². The number of carbonyl (C=O) groups is 2. The Balaban J connectivity index is 1.60. The summed E-state index contributed by atoms with van der Waals surface area (Å²) in [5, 5.41) is 3.19. The average molecular weight is 390 g/mol. The Bertz CT molecular complexity index is 867. The van der Waals surface area contributed by atoms with Crippen molar-refractivity contribution in [2.45, 2.75) is 19.9 Å². The highest BCUT2D eigenvalue weighted by molar-refractivity contribution is 6.31. The fourth-order valence-electron chi connectivity index (χ4n) is 3.26. The van der Waals surface area contributed by atoms with Gasteiger partial charge in [0.05, 0.1) is 6.54 Å². The van der Waals surface area contributed by atoms with E-state index in [0.717, 1.165) is 17.7 Å². The number of benzene rings is 2. The van der Waals surface area contributed by atoms with Crippen molar-refractivity contribution in [2.24, 2.45) is 0 Å². The Kier molecular flexibility index (Phi) is 5.77. The molecule has 7 heteroatoms. The van der Waals surface area contributed by atoms with Crippen LogP contribution in [-0.4, -0.2) is 36.9 Å². The van der Waals surface area contributed by atoms with Gasteiger partial charge in [-0.1, -0.05) is 17.7 Å². The molecule has 0 aliphatic carbocycles. The van der Waals surface area contributed by atoms with Crippen LogP contribution in [0.3, 0.4) is 0 Å². The summed E-state index contributed by atoms with van der Waals surface area (Å²) in [6.45, 7) is 2.54. The highest BCUT2D eigenvalue weighted by Gasteiger charge is 2.22. The number of hydrogen-bond donors (Lipinski definition) is 1. The minimum Gasteiger partial charge on any atom is -0.325 e. The zero-order valence-corrected chi connectivity index (χ0v) is 16.0. The van der Waals surface area contributed by atoms with E-state index in [2.05, 4.69) is 5.32 Å². The van der Waals surface area contributed by atoms with E-state index in [1.54, 1.807) is 42.0 Å². The lowest BCUT2D eigenvalue weighted by Gasteiger charge is -2.18. The molecule has 0 atom stereocenters. The van der Waals surface area contributed by atoms with E-state index in [4.69, 9.17) is 11.6 Å². The molecule has 0 radical (unpaired) electrons. The molecule has 1 aliphatic rings. The Morgan fingerprint density at radius 1 is 1.30 bits per heavy atom. The van der Waals surface area contributed by atoms with Crippen LogP contribution in [0.5, 0.6) is 0 Å². The van der Waals surface area contributed by atoms with Crippen LogP contribution < -0.4 is 10.2 Å². The van der Waals surface area contributed by atoms with Gasteiger partial charge in [0.2, 0.25) is 11.8 Å². The maximum atomic E-state index is 13.9. The molecule has 2 aromatic carbocycles. The zero-order valence-electron chi connectivity index (χ0n) is 15.3. The largest absolute Gasteiger partial charge is 0.325 e. The van der Waals surface area contributed by atoms with Crippen molar-refractivity contribution in [1.29, 1.82) is 0 Å². The number of fused-ring (bicyclic) bond motifs is 1. The third-order valence-corrected chi connectivity index (χ3v) is 4.90. The number of hydrogen-bond acceptors (Lipinski definition) is 3. The minimum atomic E-state index is -0.386. The fraction of sp³-hybridized carbons (Fsp3) is 0.300. The van der Waals surface area contributed by atoms with Crippen molar-refractivity contribution in [3.63, 3.8) is 0 Å². The topological polar surface area (TPSA) is 52.7 Å². The van der Waals surface area contributed by atoms with E-state index in [-0.39, 0.29) is 30.7 Å². The number of carbonyl (C=O) groups excluding carboxylic acids is 2. The first kappa shape index (κ1) is 19.3. The van der Waals surface area contributed by atoms with Crippen LogP contribution in [0, 0.1) is 5.82 Å². The molecule has 0 fully saturated rings. The zero-order chi connectivity index (χ0) is 19.6. The van der Waals surface area contributed by atoms with Crippen molar-refractivity contribution < 1.29 is 14.0 Å². The smallest absolute Gasteiger partial charge is 0.238 e. The summed E-state index contributed by atoms with van der Waals surface area (Å²) in [6, 6.07) is 10.1. The molecule has 0 spiro atoms. The van der Waals surface area contributed by atoms with Gasteiger partial charge >= 0.3 is 0 Å². The van der Waals surface area contributed by atoms with Gasteiger partial charge in [0.25, 0.3) is 0 Å². The van der Waals surface area contributed by atoms with Crippen LogP contribution in [0.25, 0.3) is 0 Å². The number of nitrogens with zero attached hydrogens (tertiary/aromatic N) is 2. The second-order valence-electron chi connectivity index (χ2n) is 6.68. The lowest BCUT2D eigenvalue weighted by atomic mass is 10.1. The van der Waals surface area contributed by atoms with Gasteiger partial charge < -0.3 is 10.2 Å². The van der Waals surface area contributed by atoms with Crippen LogP contribution in [0.4, 0.5) is 15.8 Å². The van der Waals surface area contributed by atoms with Gasteiger partial charge in [-0.15, -0.1) is 0 Å². The number of amides is 2. The number of nitrogens with one attached hydrogen (secondary N) is 1. The highest BCUT2D eigenvalue weighted by Crippen LogP contribution is 2.30. The summed E-state index contributed by atoms with van der Waals surface area (Å²) in [7, 11) is 1.73. The molecule has 3 rings (SSSR count). The Morgan fingerprint density at radius 2 is 2.07 bits per heavy atom. The van der Waals surface area contributed by atoms with Crippen LogP contribution >= 0.6 is 11.6 Å². The summed E-state index contributed by atoms with van der Waals surface area (Å²) in [4.78, 5) is 27.3. The number of anilines is 2. The lowest BCUT2D eigenvalue weighted by molar-refractivity contribution is -0.117. The molecule has 1 aliphatic heterocycles. The van der Waals surface area contributed by atoms with Crippen LogP contribution in [0.1, 0.15) is 18.1 Å². The van der Waals surface area contributed by atoms with E-state index in [9.17, 15) is 14.0 Å². The summed E-state index contributed by atoms with van der Waals surface area (Å²) in [5.41, 5.74) is 2.99. The highest BCUT2D eigenvalue weighted by atomic mass is 35.5. The second-order valence-corrected chi connectivity index (χ2v) is 7.09. The predicted molar refractivity (Wildman–Crippen MR) is 105 cm³/mol. The predicted octanol–water partition coefficient (Wildman–Crippen LogP) is 3.46. The standard InChI is InChI=1S/C20H21ClFN3O2/c1-13(26)25-9-8-14-10-15(6-7-19(14)25)23-20(27)12-24(2)11-16-17(21)4-3-5-18(16)22/h3-7,10H,8-9,11-12H2,1-2H3,(H,23,27). The maximum absolute atomic E-state index is 13.9. The summed E-state index contributed by atoms with van der Waals surface area (Å²) >= 11 is 6.03. The third kappa shape index (κ3) is 4.46. The quantitative estimate of drug-likeness (QED) is 0.852. The summed E-state index contributed by atoms with van der Waals surface area (Å²) in [5.74, 6) is -0.575. The van der Waals surface area contributed by atoms with Crippen LogP contribution in [-0.2, 0) is 22.6 Å². The molecule has 1 N–H and O–H groups in total. The van der Waals surface area contributed by atoms with Gasteiger partial charge in [0.1, 0.15) is 5.82 Å². The first-order chi connectivity index (χ1) is 12.8. The van der Waals surface area contributed by atoms with E-state index >= 15 is 0 Å². The van der Waals surface area contributed by atoms with Gasteiger partial charge in [0.15, 0.2) is 0 Å². The SMILES string of the molecule is CC(=O)N1CCc2cc(NC(=O)CN(C)Cc3c(F)cccc3Cl)ccc21. The molecule has 0 saturated heterocycles.